The molecule has 2 rings (SSSR count). The monoisotopic (exact) mass is 446 g/mol. The maximum atomic E-state index is 13.1. The highest BCUT2D eigenvalue weighted by molar-refractivity contribution is 5.98. The first-order chi connectivity index (χ1) is 15.0. The molecule has 2 atom stereocenters. The van der Waals surface area contributed by atoms with Crippen molar-refractivity contribution >= 4 is 23.5 Å². The second kappa shape index (κ2) is 10.3. The summed E-state index contributed by atoms with van der Waals surface area (Å²) in [7, 11) is 0. The van der Waals surface area contributed by atoms with Crippen molar-refractivity contribution in [2.45, 2.75) is 25.0 Å². The number of hydroxylamine groups is 1. The first kappa shape index (κ1) is 24.3. The zero-order chi connectivity index (χ0) is 23.9. The number of anilines is 1. The van der Waals surface area contributed by atoms with Crippen molar-refractivity contribution in [3.63, 3.8) is 0 Å². The van der Waals surface area contributed by atoms with Crippen molar-refractivity contribution in [2.24, 2.45) is 5.73 Å². The van der Waals surface area contributed by atoms with E-state index in [0.29, 0.717) is 23.7 Å². The summed E-state index contributed by atoms with van der Waals surface area (Å²) in [5.74, 6) is 3.43. The normalized spacial score (nSPS) is 13.2. The van der Waals surface area contributed by atoms with E-state index in [1.807, 2.05) is 5.32 Å². The minimum atomic E-state index is -3.37. The van der Waals surface area contributed by atoms with Crippen molar-refractivity contribution in [1.82, 2.24) is 10.8 Å². The fourth-order valence-corrected chi connectivity index (χ4v) is 2.51. The summed E-state index contributed by atoms with van der Waals surface area (Å²) in [6.45, 7) is 0.660. The molecule has 2 aromatic carbocycles. The Morgan fingerprint density at radius 1 is 1.00 bits per heavy atom. The van der Waals surface area contributed by atoms with Crippen molar-refractivity contribution in [3.05, 3.63) is 65.2 Å². The molecule has 32 heavy (non-hydrogen) atoms. The molecule has 0 heterocycles. The summed E-state index contributed by atoms with van der Waals surface area (Å²) in [6, 6.07) is 9.48. The SMILES string of the molecule is CC(O)(C(F)F)[C@H](NC(=O)c1ccc(C#Cc2ccc(NC(N)=O)cc2)cc1)C(=O)NO. The van der Waals surface area contributed by atoms with Crippen LogP contribution < -0.4 is 21.8 Å². The van der Waals surface area contributed by atoms with Crippen molar-refractivity contribution < 1.29 is 33.5 Å². The van der Waals surface area contributed by atoms with Gasteiger partial charge < -0.3 is 21.5 Å². The van der Waals surface area contributed by atoms with E-state index in [9.17, 15) is 28.3 Å². The Morgan fingerprint density at radius 3 is 1.94 bits per heavy atom. The fourth-order valence-electron chi connectivity index (χ4n) is 2.51. The van der Waals surface area contributed by atoms with Crippen molar-refractivity contribution in [2.75, 3.05) is 5.32 Å². The molecule has 0 aromatic heterocycles. The number of amides is 4. The third-order valence-corrected chi connectivity index (χ3v) is 4.32. The predicted octanol–water partition coefficient (Wildman–Crippen LogP) is 1.20. The lowest BCUT2D eigenvalue weighted by molar-refractivity contribution is -0.149. The van der Waals surface area contributed by atoms with E-state index in [0.717, 1.165) is 5.48 Å². The van der Waals surface area contributed by atoms with Crippen LogP contribution in [0, 0.1) is 11.8 Å². The van der Waals surface area contributed by atoms with E-state index >= 15 is 0 Å². The zero-order valence-electron chi connectivity index (χ0n) is 16.7. The van der Waals surface area contributed by atoms with Crippen LogP contribution in [-0.4, -0.2) is 46.2 Å². The average Bonchev–Trinajstić information content (AvgIpc) is 2.76. The van der Waals surface area contributed by atoms with Gasteiger partial charge in [0.15, 0.2) is 5.60 Å². The van der Waals surface area contributed by atoms with Gasteiger partial charge in [-0.3, -0.25) is 14.8 Å². The highest BCUT2D eigenvalue weighted by atomic mass is 19.3. The van der Waals surface area contributed by atoms with E-state index in [1.54, 1.807) is 24.3 Å². The molecule has 0 fully saturated rings. The molecule has 0 aliphatic rings. The lowest BCUT2D eigenvalue weighted by Crippen LogP contribution is -2.61. The molecule has 7 N–H and O–H groups in total. The van der Waals surface area contributed by atoms with E-state index < -0.39 is 35.9 Å². The number of hydrogen-bond donors (Lipinski definition) is 6. The van der Waals surface area contributed by atoms with Crippen molar-refractivity contribution in [3.8, 4) is 11.8 Å². The molecule has 168 valence electrons. The quantitative estimate of drug-likeness (QED) is 0.224. The average molecular weight is 446 g/mol. The minimum absolute atomic E-state index is 0.0123. The summed E-state index contributed by atoms with van der Waals surface area (Å²) in [4.78, 5) is 34.8. The molecule has 11 heteroatoms. The second-order valence-electron chi connectivity index (χ2n) is 6.80. The number of hydrogen-bond acceptors (Lipinski definition) is 5. The van der Waals surface area contributed by atoms with Crippen LogP contribution >= 0.6 is 0 Å². The van der Waals surface area contributed by atoms with Gasteiger partial charge in [-0.05, 0) is 55.5 Å². The summed E-state index contributed by atoms with van der Waals surface area (Å²) in [5, 5.41) is 23.0. The number of nitrogens with one attached hydrogen (secondary N) is 3. The van der Waals surface area contributed by atoms with Crippen LogP contribution in [0.3, 0.4) is 0 Å². The van der Waals surface area contributed by atoms with E-state index in [-0.39, 0.29) is 5.56 Å². The van der Waals surface area contributed by atoms with Gasteiger partial charge in [0.1, 0.15) is 6.04 Å². The first-order valence-electron chi connectivity index (χ1n) is 9.08. The van der Waals surface area contributed by atoms with Gasteiger partial charge in [-0.15, -0.1) is 0 Å². The Hall–Kier alpha value is -4.01. The molecular weight excluding hydrogens is 426 g/mol. The van der Waals surface area contributed by atoms with Crippen LogP contribution in [0.1, 0.15) is 28.4 Å². The molecule has 4 amide bonds. The number of alkyl halides is 2. The summed E-state index contributed by atoms with van der Waals surface area (Å²) < 4.78 is 26.1. The largest absolute Gasteiger partial charge is 0.381 e. The van der Waals surface area contributed by atoms with E-state index in [1.165, 1.54) is 24.3 Å². The molecule has 0 aliphatic carbocycles. The van der Waals surface area contributed by atoms with Crippen LogP contribution in [0.5, 0.6) is 0 Å². The number of aliphatic hydroxyl groups is 1. The number of urea groups is 1. The maximum absolute atomic E-state index is 13.1. The zero-order valence-corrected chi connectivity index (χ0v) is 16.7. The molecule has 0 spiro atoms. The third-order valence-electron chi connectivity index (χ3n) is 4.32. The highest BCUT2D eigenvalue weighted by Gasteiger charge is 2.46. The minimum Gasteiger partial charge on any atom is -0.381 e. The Morgan fingerprint density at radius 2 is 1.50 bits per heavy atom. The summed E-state index contributed by atoms with van der Waals surface area (Å²) >= 11 is 0. The van der Waals surface area contributed by atoms with Gasteiger partial charge in [-0.25, -0.2) is 19.1 Å². The van der Waals surface area contributed by atoms with E-state index in [2.05, 4.69) is 17.2 Å². The van der Waals surface area contributed by atoms with Gasteiger partial charge in [0.2, 0.25) is 0 Å². The molecule has 0 saturated carbocycles. The standard InChI is InChI=1S/C21H20F2N4O5/c1-21(31,19(22)23)16(18(29)27-32)26-17(28)14-8-4-12(5-9-14)2-3-13-6-10-15(11-7-13)25-20(24)30/h4-11,16,19,31-32H,1H3,(H,26,28)(H,27,29)(H3,24,25,30)/t16-,21?/m1/s1. The Balaban J connectivity index is 2.11. The van der Waals surface area contributed by atoms with E-state index in [4.69, 9.17) is 10.9 Å². The Bertz CT molecular complexity index is 1040. The second-order valence-corrected chi connectivity index (χ2v) is 6.80. The van der Waals surface area contributed by atoms with Crippen LogP contribution in [0.2, 0.25) is 0 Å². The summed E-state index contributed by atoms with van der Waals surface area (Å²) in [6.07, 6.45) is -3.37. The number of halogens is 2. The van der Waals surface area contributed by atoms with Crippen LogP contribution in [-0.2, 0) is 4.79 Å². The topological polar surface area (TPSA) is 154 Å². The van der Waals surface area contributed by atoms with Gasteiger partial charge >= 0.3 is 6.03 Å². The highest BCUT2D eigenvalue weighted by Crippen LogP contribution is 2.20. The molecule has 1 unspecified atom stereocenters. The van der Waals surface area contributed by atoms with Gasteiger partial charge in [0.05, 0.1) is 0 Å². The smallest absolute Gasteiger partial charge is 0.316 e. The molecule has 0 bridgehead atoms. The Kier molecular flexibility index (Phi) is 7.84. The van der Waals surface area contributed by atoms with Gasteiger partial charge in [-0.2, -0.15) is 0 Å². The fraction of sp³-hybridized carbons (Fsp3) is 0.190. The molecule has 0 saturated heterocycles. The number of rotatable bonds is 6. The number of primary amides is 1. The molecule has 0 aliphatic heterocycles. The predicted molar refractivity (Wildman–Crippen MR) is 110 cm³/mol. The molecular formula is C21H20F2N4O5. The maximum Gasteiger partial charge on any atom is 0.316 e. The summed E-state index contributed by atoms with van der Waals surface area (Å²) in [5.41, 5.74) is 4.96. The van der Waals surface area contributed by atoms with Gasteiger partial charge in [-0.1, -0.05) is 11.8 Å². The van der Waals surface area contributed by atoms with Gasteiger partial charge in [0, 0.05) is 22.4 Å². The molecule has 9 nitrogen and oxygen atoms in total. The third kappa shape index (κ3) is 6.24. The Labute approximate surface area is 181 Å². The number of carbonyl (C=O) groups excluding carboxylic acids is 3. The lowest BCUT2D eigenvalue weighted by atomic mass is 9.95. The van der Waals surface area contributed by atoms with Crippen LogP contribution in [0.4, 0.5) is 19.3 Å². The number of carbonyl (C=O) groups is 3. The van der Waals surface area contributed by atoms with Crippen LogP contribution in [0.25, 0.3) is 0 Å². The molecule has 0 radical (unpaired) electrons. The van der Waals surface area contributed by atoms with Crippen molar-refractivity contribution in [1.29, 1.82) is 0 Å². The number of benzene rings is 2. The first-order valence-corrected chi connectivity index (χ1v) is 9.08. The van der Waals surface area contributed by atoms with Crippen LogP contribution in [0.15, 0.2) is 48.5 Å². The lowest BCUT2D eigenvalue weighted by Gasteiger charge is -2.30. The van der Waals surface area contributed by atoms with Gasteiger partial charge in [0.25, 0.3) is 18.2 Å². The molecule has 2 aromatic rings. The number of nitrogens with two attached hydrogens (primary N) is 1.